The molecule has 2 rings (SSSR count). The average Bonchev–Trinajstić information content (AvgIpc) is 2.76. The summed E-state index contributed by atoms with van der Waals surface area (Å²) < 4.78 is 5.57. The maximum Gasteiger partial charge on any atom is 0.226 e. The van der Waals surface area contributed by atoms with E-state index in [1.165, 1.54) is 19.3 Å². The molecule has 2 unspecified atom stereocenters. The van der Waals surface area contributed by atoms with Gasteiger partial charge in [0.2, 0.25) is 11.8 Å². The summed E-state index contributed by atoms with van der Waals surface area (Å²) >= 11 is 1.95. The molecule has 0 saturated heterocycles. The Kier molecular flexibility index (Phi) is 4.69. The zero-order valence-corrected chi connectivity index (χ0v) is 12.0. The van der Waals surface area contributed by atoms with E-state index < -0.39 is 0 Å². The first-order chi connectivity index (χ1) is 8.67. The van der Waals surface area contributed by atoms with Crippen molar-refractivity contribution in [2.45, 2.75) is 50.5 Å². The summed E-state index contributed by atoms with van der Waals surface area (Å²) in [6.07, 6.45) is 7.74. The topological polar surface area (TPSA) is 47.0 Å². The Bertz CT molecular complexity index is 386. The van der Waals surface area contributed by atoms with Gasteiger partial charge in [-0.2, -0.15) is 16.7 Å². The Morgan fingerprint density at radius 1 is 1.44 bits per heavy atom. The molecule has 0 spiro atoms. The van der Waals surface area contributed by atoms with Crippen LogP contribution in [0.3, 0.4) is 0 Å². The Morgan fingerprint density at radius 3 is 2.94 bits per heavy atom. The maximum absolute atomic E-state index is 5.57. The predicted molar refractivity (Wildman–Crippen MR) is 76.4 cm³/mol. The number of anilines is 1. The Balaban J connectivity index is 1.93. The second kappa shape index (κ2) is 6.27. The number of hydrogen-bond acceptors (Lipinski definition) is 5. The van der Waals surface area contributed by atoms with Crippen molar-refractivity contribution in [2.75, 3.05) is 11.6 Å². The highest BCUT2D eigenvalue weighted by Gasteiger charge is 2.24. The summed E-state index contributed by atoms with van der Waals surface area (Å²) in [5.41, 5.74) is 0. The molecule has 1 N–H and O–H groups in total. The summed E-state index contributed by atoms with van der Waals surface area (Å²) in [5, 5.41) is 4.18. The van der Waals surface area contributed by atoms with Crippen molar-refractivity contribution in [3.05, 3.63) is 12.3 Å². The zero-order valence-electron chi connectivity index (χ0n) is 11.2. The number of hydrogen-bond donors (Lipinski definition) is 1. The van der Waals surface area contributed by atoms with E-state index in [1.807, 2.05) is 25.6 Å². The lowest BCUT2D eigenvalue weighted by atomic mass is 10.2. The lowest BCUT2D eigenvalue weighted by molar-refractivity contribution is 0.232. The van der Waals surface area contributed by atoms with Crippen molar-refractivity contribution in [1.29, 1.82) is 0 Å². The summed E-state index contributed by atoms with van der Waals surface area (Å²) in [6, 6.07) is 2.29. The van der Waals surface area contributed by atoms with Gasteiger partial charge in [-0.1, -0.05) is 0 Å². The molecule has 100 valence electrons. The van der Waals surface area contributed by atoms with Gasteiger partial charge < -0.3 is 10.1 Å². The molecule has 0 radical (unpaired) electrons. The van der Waals surface area contributed by atoms with E-state index in [1.54, 1.807) is 12.3 Å². The van der Waals surface area contributed by atoms with Gasteiger partial charge in [0.1, 0.15) is 0 Å². The molecule has 1 heterocycles. The lowest BCUT2D eigenvalue weighted by Crippen LogP contribution is -2.18. The molecular formula is C13H21N3OS. The van der Waals surface area contributed by atoms with Gasteiger partial charge in [0.25, 0.3) is 0 Å². The third-order valence-corrected chi connectivity index (χ3v) is 4.13. The minimum atomic E-state index is 0.139. The summed E-state index contributed by atoms with van der Waals surface area (Å²) in [5.74, 6) is 1.32. The highest BCUT2D eigenvalue weighted by Crippen LogP contribution is 2.29. The minimum absolute atomic E-state index is 0.139. The third-order valence-electron chi connectivity index (χ3n) is 3.04. The van der Waals surface area contributed by atoms with E-state index in [0.717, 1.165) is 5.25 Å². The second-order valence-electron chi connectivity index (χ2n) is 4.90. The SMILES string of the molecule is CSC1CCC(Nc2nccc(OC(C)C)n2)C1. The first-order valence-electron chi connectivity index (χ1n) is 6.46. The smallest absolute Gasteiger partial charge is 0.226 e. The fourth-order valence-corrected chi connectivity index (χ4v) is 2.98. The van der Waals surface area contributed by atoms with Gasteiger partial charge in [0.15, 0.2) is 0 Å². The molecular weight excluding hydrogens is 246 g/mol. The average molecular weight is 267 g/mol. The zero-order chi connectivity index (χ0) is 13.0. The van der Waals surface area contributed by atoms with Crippen LogP contribution in [0.1, 0.15) is 33.1 Å². The van der Waals surface area contributed by atoms with Gasteiger partial charge in [-0.15, -0.1) is 0 Å². The first kappa shape index (κ1) is 13.5. The Labute approximate surface area is 113 Å². The van der Waals surface area contributed by atoms with Gasteiger partial charge in [-0.05, 0) is 39.4 Å². The molecule has 1 aliphatic rings. The number of nitrogens with zero attached hydrogens (tertiary/aromatic N) is 2. The quantitative estimate of drug-likeness (QED) is 0.888. The largest absolute Gasteiger partial charge is 0.475 e. The van der Waals surface area contributed by atoms with Crippen molar-refractivity contribution >= 4 is 17.7 Å². The Morgan fingerprint density at radius 2 is 2.28 bits per heavy atom. The van der Waals surface area contributed by atoms with Crippen LogP contribution in [-0.2, 0) is 0 Å². The van der Waals surface area contributed by atoms with Crippen LogP contribution in [0, 0.1) is 0 Å². The highest BCUT2D eigenvalue weighted by molar-refractivity contribution is 7.99. The standard InChI is InChI=1S/C13H21N3OS/c1-9(2)17-12-6-7-14-13(16-12)15-10-4-5-11(8-10)18-3/h6-7,9-11H,4-5,8H2,1-3H3,(H,14,15,16). The molecule has 0 aliphatic heterocycles. The molecule has 0 amide bonds. The summed E-state index contributed by atoms with van der Waals surface area (Å²) in [6.45, 7) is 3.99. The van der Waals surface area contributed by atoms with Crippen LogP contribution in [0.2, 0.25) is 0 Å². The summed E-state index contributed by atoms with van der Waals surface area (Å²) in [7, 11) is 0. The molecule has 2 atom stereocenters. The number of aromatic nitrogens is 2. The van der Waals surface area contributed by atoms with Crippen molar-refractivity contribution in [3.63, 3.8) is 0 Å². The van der Waals surface area contributed by atoms with Gasteiger partial charge in [-0.3, -0.25) is 0 Å². The molecule has 5 heteroatoms. The van der Waals surface area contributed by atoms with Crippen LogP contribution in [0.4, 0.5) is 5.95 Å². The minimum Gasteiger partial charge on any atom is -0.475 e. The van der Waals surface area contributed by atoms with Crippen LogP contribution >= 0.6 is 11.8 Å². The van der Waals surface area contributed by atoms with Crippen molar-refractivity contribution in [3.8, 4) is 5.88 Å². The van der Waals surface area contributed by atoms with Gasteiger partial charge >= 0.3 is 0 Å². The number of thioether (sulfide) groups is 1. The van der Waals surface area contributed by atoms with Gasteiger partial charge in [0, 0.05) is 23.6 Å². The molecule has 1 aromatic rings. The van der Waals surface area contributed by atoms with Crippen molar-refractivity contribution in [1.82, 2.24) is 9.97 Å². The molecule has 1 fully saturated rings. The normalized spacial score (nSPS) is 23.3. The Hall–Kier alpha value is -0.970. The van der Waals surface area contributed by atoms with Gasteiger partial charge in [0.05, 0.1) is 6.10 Å². The molecule has 1 saturated carbocycles. The summed E-state index contributed by atoms with van der Waals surface area (Å²) in [4.78, 5) is 8.63. The van der Waals surface area contributed by atoms with Crippen molar-refractivity contribution < 1.29 is 4.74 Å². The van der Waals surface area contributed by atoms with Crippen molar-refractivity contribution in [2.24, 2.45) is 0 Å². The van der Waals surface area contributed by atoms with E-state index in [0.29, 0.717) is 17.9 Å². The highest BCUT2D eigenvalue weighted by atomic mass is 32.2. The van der Waals surface area contributed by atoms with E-state index in [-0.39, 0.29) is 6.10 Å². The predicted octanol–water partition coefficient (Wildman–Crippen LogP) is 2.96. The van der Waals surface area contributed by atoms with Crippen LogP contribution in [-0.4, -0.2) is 33.6 Å². The third kappa shape index (κ3) is 3.77. The number of rotatable bonds is 5. The van der Waals surface area contributed by atoms with E-state index >= 15 is 0 Å². The molecule has 4 nitrogen and oxygen atoms in total. The van der Waals surface area contributed by atoms with Crippen LogP contribution in [0.15, 0.2) is 12.3 Å². The van der Waals surface area contributed by atoms with Crippen LogP contribution in [0.5, 0.6) is 5.88 Å². The van der Waals surface area contributed by atoms with E-state index in [9.17, 15) is 0 Å². The fourth-order valence-electron chi connectivity index (χ4n) is 2.19. The maximum atomic E-state index is 5.57. The van der Waals surface area contributed by atoms with Crippen LogP contribution < -0.4 is 10.1 Å². The molecule has 0 aromatic carbocycles. The molecule has 1 aliphatic carbocycles. The monoisotopic (exact) mass is 267 g/mol. The van der Waals surface area contributed by atoms with Gasteiger partial charge in [-0.25, -0.2) is 4.98 Å². The second-order valence-corrected chi connectivity index (χ2v) is 6.04. The number of nitrogens with one attached hydrogen (secondary N) is 1. The first-order valence-corrected chi connectivity index (χ1v) is 7.75. The van der Waals surface area contributed by atoms with E-state index in [4.69, 9.17) is 4.74 Å². The lowest BCUT2D eigenvalue weighted by Gasteiger charge is -2.14. The van der Waals surface area contributed by atoms with E-state index in [2.05, 4.69) is 21.5 Å². The number of ether oxygens (including phenoxy) is 1. The molecule has 18 heavy (non-hydrogen) atoms. The molecule has 0 bridgehead atoms. The molecule has 1 aromatic heterocycles. The van der Waals surface area contributed by atoms with Crippen LogP contribution in [0.25, 0.3) is 0 Å². The fraction of sp³-hybridized carbons (Fsp3) is 0.692.